The Hall–Kier alpha value is -2.78. The summed E-state index contributed by atoms with van der Waals surface area (Å²) < 4.78 is 15.7. The van der Waals surface area contributed by atoms with Gasteiger partial charge in [0, 0.05) is 20.7 Å². The van der Waals surface area contributed by atoms with E-state index in [4.69, 9.17) is 25.8 Å². The second-order valence-electron chi connectivity index (χ2n) is 6.40. The molecule has 0 fully saturated rings. The lowest BCUT2D eigenvalue weighted by Gasteiger charge is -2.32. The molecule has 0 aromatic heterocycles. The lowest BCUT2D eigenvalue weighted by Crippen LogP contribution is -2.40. The second-order valence-corrected chi connectivity index (χ2v) is 7.73. The van der Waals surface area contributed by atoms with Crippen LogP contribution in [0.5, 0.6) is 0 Å². The molecule has 1 atom stereocenters. The molecule has 0 radical (unpaired) electrons. The van der Waals surface area contributed by atoms with Gasteiger partial charge in [-0.2, -0.15) is 0 Å². The van der Waals surface area contributed by atoms with Gasteiger partial charge in [-0.3, -0.25) is 15.0 Å². The number of methoxy groups -OCH3 is 1. The summed E-state index contributed by atoms with van der Waals surface area (Å²) in [6.07, 6.45) is -1.41. The molecule has 172 valence electrons. The van der Waals surface area contributed by atoms with Crippen LogP contribution in [0.25, 0.3) is 0 Å². The lowest BCUT2D eigenvalue weighted by molar-refractivity contribution is -0.142. The highest BCUT2D eigenvalue weighted by atomic mass is 79.9. The van der Waals surface area contributed by atoms with Crippen molar-refractivity contribution >= 4 is 51.4 Å². The van der Waals surface area contributed by atoms with E-state index in [9.17, 15) is 14.4 Å². The standard InChI is InChI=1S/C22H24BrClN2O6/c1-4-31-21(28)25-18-11-10-14(23)12-16(18)20(15-8-6-7-9-17(15)24)26(13-19(27)30-3)22(29)32-5-2/h6-12,20H,4-5,13H2,1-3H3,(H,25,28)/t20-/m0/s1. The molecule has 2 rings (SSSR count). The van der Waals surface area contributed by atoms with Crippen LogP contribution in [0.2, 0.25) is 5.02 Å². The molecule has 0 bridgehead atoms. The van der Waals surface area contributed by atoms with Gasteiger partial charge in [0.2, 0.25) is 0 Å². The van der Waals surface area contributed by atoms with Gasteiger partial charge in [-0.15, -0.1) is 0 Å². The molecule has 0 aliphatic heterocycles. The van der Waals surface area contributed by atoms with Gasteiger partial charge in [-0.25, -0.2) is 9.59 Å². The van der Waals surface area contributed by atoms with Crippen molar-refractivity contribution in [3.63, 3.8) is 0 Å². The number of carbonyl (C=O) groups is 3. The first kappa shape index (κ1) is 25.5. The fourth-order valence-corrected chi connectivity index (χ4v) is 3.64. The van der Waals surface area contributed by atoms with Crippen LogP contribution in [0.4, 0.5) is 15.3 Å². The van der Waals surface area contributed by atoms with Gasteiger partial charge < -0.3 is 14.2 Å². The number of ether oxygens (including phenoxy) is 3. The Morgan fingerprint density at radius 1 is 1.06 bits per heavy atom. The van der Waals surface area contributed by atoms with Crippen LogP contribution < -0.4 is 5.32 Å². The molecule has 0 spiro atoms. The molecule has 2 aromatic rings. The van der Waals surface area contributed by atoms with Crippen molar-refractivity contribution in [1.82, 2.24) is 4.90 Å². The number of carbonyl (C=O) groups excluding carboxylic acids is 3. The number of nitrogens with one attached hydrogen (secondary N) is 1. The van der Waals surface area contributed by atoms with Crippen LogP contribution in [0.3, 0.4) is 0 Å². The molecular weight excluding hydrogens is 504 g/mol. The average Bonchev–Trinajstić information content (AvgIpc) is 2.76. The highest BCUT2D eigenvalue weighted by Gasteiger charge is 2.33. The van der Waals surface area contributed by atoms with Crippen LogP contribution in [-0.2, 0) is 19.0 Å². The summed E-state index contributed by atoms with van der Waals surface area (Å²) in [5.41, 5.74) is 1.38. The summed E-state index contributed by atoms with van der Waals surface area (Å²) in [6.45, 7) is 3.22. The predicted molar refractivity (Wildman–Crippen MR) is 124 cm³/mol. The zero-order valence-corrected chi connectivity index (χ0v) is 20.2. The van der Waals surface area contributed by atoms with Crippen LogP contribution in [-0.4, -0.2) is 49.9 Å². The van der Waals surface area contributed by atoms with Crippen LogP contribution in [0, 0.1) is 0 Å². The molecule has 0 saturated carbocycles. The van der Waals surface area contributed by atoms with Gasteiger partial charge in [-0.05, 0) is 43.7 Å². The molecule has 10 heteroatoms. The Kier molecular flexibility index (Phi) is 9.80. The minimum absolute atomic E-state index is 0.0954. The lowest BCUT2D eigenvalue weighted by atomic mass is 9.95. The van der Waals surface area contributed by atoms with E-state index in [1.807, 2.05) is 0 Å². The Labute approximate surface area is 199 Å². The van der Waals surface area contributed by atoms with E-state index in [1.165, 1.54) is 12.0 Å². The summed E-state index contributed by atoms with van der Waals surface area (Å²) in [6, 6.07) is 11.1. The highest BCUT2D eigenvalue weighted by Crippen LogP contribution is 2.38. The van der Waals surface area contributed by atoms with Gasteiger partial charge in [0.25, 0.3) is 0 Å². The van der Waals surface area contributed by atoms with E-state index < -0.39 is 30.7 Å². The zero-order chi connectivity index (χ0) is 23.7. The fraction of sp³-hybridized carbons (Fsp3) is 0.318. The topological polar surface area (TPSA) is 94.2 Å². The number of amides is 2. The number of anilines is 1. The number of hydrogen-bond donors (Lipinski definition) is 1. The SMILES string of the molecule is CCOC(=O)Nc1ccc(Br)cc1[C@H](c1ccccc1Cl)N(CC(=O)OC)C(=O)OCC. The van der Waals surface area contributed by atoms with E-state index in [2.05, 4.69) is 21.2 Å². The summed E-state index contributed by atoms with van der Waals surface area (Å²) in [5, 5.41) is 3.04. The molecule has 0 saturated heterocycles. The summed E-state index contributed by atoms with van der Waals surface area (Å²) >= 11 is 9.92. The minimum Gasteiger partial charge on any atom is -0.468 e. The van der Waals surface area contributed by atoms with E-state index in [1.54, 1.807) is 56.3 Å². The number of esters is 1. The van der Waals surface area contributed by atoms with Crippen LogP contribution in [0.15, 0.2) is 46.9 Å². The number of benzene rings is 2. The van der Waals surface area contributed by atoms with Crippen molar-refractivity contribution < 1.29 is 28.6 Å². The number of rotatable bonds is 8. The van der Waals surface area contributed by atoms with Gasteiger partial charge in [0.1, 0.15) is 6.54 Å². The number of hydrogen-bond acceptors (Lipinski definition) is 6. The monoisotopic (exact) mass is 526 g/mol. The van der Waals surface area contributed by atoms with Gasteiger partial charge in [0.05, 0.1) is 26.4 Å². The summed E-state index contributed by atoms with van der Waals surface area (Å²) in [4.78, 5) is 38.5. The Bertz CT molecular complexity index is 971. The quantitative estimate of drug-likeness (QED) is 0.365. The van der Waals surface area contributed by atoms with Crippen molar-refractivity contribution in [1.29, 1.82) is 0 Å². The number of halogens is 2. The van der Waals surface area contributed by atoms with Crippen molar-refractivity contribution in [3.8, 4) is 0 Å². The van der Waals surface area contributed by atoms with Crippen LogP contribution in [0.1, 0.15) is 31.0 Å². The van der Waals surface area contributed by atoms with E-state index in [-0.39, 0.29) is 13.2 Å². The van der Waals surface area contributed by atoms with E-state index >= 15 is 0 Å². The fourth-order valence-electron chi connectivity index (χ4n) is 3.02. The molecule has 2 aromatic carbocycles. The Morgan fingerprint density at radius 3 is 2.38 bits per heavy atom. The molecule has 8 nitrogen and oxygen atoms in total. The smallest absolute Gasteiger partial charge is 0.411 e. The first-order valence-electron chi connectivity index (χ1n) is 9.80. The second kappa shape index (κ2) is 12.3. The molecule has 0 aliphatic carbocycles. The summed E-state index contributed by atoms with van der Waals surface area (Å²) in [7, 11) is 1.23. The normalized spacial score (nSPS) is 11.3. The first-order valence-corrected chi connectivity index (χ1v) is 11.0. The van der Waals surface area contributed by atoms with Crippen LogP contribution >= 0.6 is 27.5 Å². The maximum absolute atomic E-state index is 12.9. The van der Waals surface area contributed by atoms with Gasteiger partial charge in [-0.1, -0.05) is 45.7 Å². The maximum Gasteiger partial charge on any atom is 0.411 e. The average molecular weight is 528 g/mol. The third-order valence-electron chi connectivity index (χ3n) is 4.36. The molecule has 2 amide bonds. The zero-order valence-electron chi connectivity index (χ0n) is 17.9. The van der Waals surface area contributed by atoms with Gasteiger partial charge in [0.15, 0.2) is 0 Å². The number of nitrogens with zero attached hydrogens (tertiary/aromatic N) is 1. The third kappa shape index (κ3) is 6.61. The predicted octanol–water partition coefficient (Wildman–Crippen LogP) is 5.39. The van der Waals surface area contributed by atoms with E-state index in [0.29, 0.717) is 26.3 Å². The maximum atomic E-state index is 12.9. The Balaban J connectivity index is 2.72. The van der Waals surface area contributed by atoms with Gasteiger partial charge >= 0.3 is 18.2 Å². The summed E-state index contributed by atoms with van der Waals surface area (Å²) in [5.74, 6) is -0.648. The molecule has 0 aliphatic rings. The molecule has 32 heavy (non-hydrogen) atoms. The Morgan fingerprint density at radius 2 is 1.75 bits per heavy atom. The largest absolute Gasteiger partial charge is 0.468 e. The van der Waals surface area contributed by atoms with E-state index in [0.717, 1.165) is 0 Å². The van der Waals surface area contributed by atoms with Crippen molar-refractivity contribution in [2.45, 2.75) is 19.9 Å². The van der Waals surface area contributed by atoms with Crippen molar-refractivity contribution in [3.05, 3.63) is 63.1 Å². The highest BCUT2D eigenvalue weighted by molar-refractivity contribution is 9.10. The van der Waals surface area contributed by atoms with Crippen molar-refractivity contribution in [2.75, 3.05) is 32.2 Å². The molecule has 0 unspecified atom stereocenters. The first-order chi connectivity index (χ1) is 15.3. The molecular formula is C22H24BrClN2O6. The molecule has 0 heterocycles. The third-order valence-corrected chi connectivity index (χ3v) is 5.20. The minimum atomic E-state index is -0.892. The molecule has 1 N–H and O–H groups in total. The van der Waals surface area contributed by atoms with Crippen molar-refractivity contribution in [2.24, 2.45) is 0 Å².